The molecule has 4 rings (SSSR count). The summed E-state index contributed by atoms with van der Waals surface area (Å²) >= 11 is 0. The van der Waals surface area contributed by atoms with Gasteiger partial charge in [-0.1, -0.05) is 54.6 Å². The number of nitrogens with zero attached hydrogens (tertiary/aromatic N) is 2. The van der Waals surface area contributed by atoms with E-state index < -0.39 is 0 Å². The van der Waals surface area contributed by atoms with E-state index in [0.717, 1.165) is 8.97 Å². The van der Waals surface area contributed by atoms with E-state index >= 15 is 0 Å². The van der Waals surface area contributed by atoms with Gasteiger partial charge in [-0.2, -0.15) is 0 Å². The van der Waals surface area contributed by atoms with Gasteiger partial charge in [0.15, 0.2) is 0 Å². The van der Waals surface area contributed by atoms with Crippen LogP contribution >= 0.6 is 0 Å². The molecule has 0 fully saturated rings. The Hall–Kier alpha value is -2.94. The Morgan fingerprint density at radius 2 is 1.30 bits per heavy atom. The molecular formula is C28H32N2+2. The largest absolute Gasteiger partial charge is 0.298 e. The summed E-state index contributed by atoms with van der Waals surface area (Å²) in [5.74, 6) is 0.204. The van der Waals surface area contributed by atoms with Gasteiger partial charge in [0.25, 0.3) is 0 Å². The molecule has 3 aromatic rings. The van der Waals surface area contributed by atoms with Crippen molar-refractivity contribution in [3.8, 4) is 0 Å². The highest BCUT2D eigenvalue weighted by Gasteiger charge is 2.30. The fraction of sp³-hybridized carbons (Fsp3) is 0.214. The number of rotatable bonds is 4. The first-order valence-corrected chi connectivity index (χ1v) is 10.6. The lowest BCUT2D eigenvalue weighted by Crippen LogP contribution is -2.40. The number of quaternary nitrogens is 2. The molecule has 0 N–H and O–H groups in total. The molecule has 0 spiro atoms. The Balaban J connectivity index is 1.81. The molecule has 1 aliphatic rings. The number of benzene rings is 3. The fourth-order valence-electron chi connectivity index (χ4n) is 4.22. The second-order valence-corrected chi connectivity index (χ2v) is 9.43. The Labute approximate surface area is 181 Å². The van der Waals surface area contributed by atoms with Crippen LogP contribution in [0.1, 0.15) is 22.6 Å². The van der Waals surface area contributed by atoms with Crippen molar-refractivity contribution in [2.75, 3.05) is 35.2 Å². The summed E-state index contributed by atoms with van der Waals surface area (Å²) in [4.78, 5) is 0. The quantitative estimate of drug-likeness (QED) is 0.461. The van der Waals surface area contributed by atoms with Crippen LogP contribution in [0.3, 0.4) is 0 Å². The normalized spacial score (nSPS) is 17.6. The molecule has 30 heavy (non-hydrogen) atoms. The summed E-state index contributed by atoms with van der Waals surface area (Å²) in [6.07, 6.45) is 6.95. The lowest BCUT2D eigenvalue weighted by molar-refractivity contribution is 0.486. The van der Waals surface area contributed by atoms with Crippen LogP contribution in [-0.2, 0) is 0 Å². The second kappa shape index (κ2) is 7.71. The van der Waals surface area contributed by atoms with Gasteiger partial charge < -0.3 is 0 Å². The third-order valence-corrected chi connectivity index (χ3v) is 6.14. The number of likely N-dealkylation sites (N-methyl/N-ethyl adjacent to an activating group) is 1. The molecule has 0 bridgehead atoms. The number of hydrogen-bond donors (Lipinski definition) is 0. The summed E-state index contributed by atoms with van der Waals surface area (Å²) in [6, 6.07) is 28.6. The monoisotopic (exact) mass is 396 g/mol. The molecule has 152 valence electrons. The third kappa shape index (κ3) is 3.89. The number of para-hydroxylation sites is 1. The summed E-state index contributed by atoms with van der Waals surface area (Å²) in [5, 5.41) is 0. The first-order chi connectivity index (χ1) is 14.3. The predicted octanol–water partition coefficient (Wildman–Crippen LogP) is 6.19. The molecule has 0 saturated heterocycles. The van der Waals surface area contributed by atoms with Crippen molar-refractivity contribution in [1.29, 1.82) is 0 Å². The standard InChI is InChI=1S/C28H32N2/c1-29(2,3)25-18-15-23(16-19-25)27(22-11-7-6-8-12-22)21-26-20-17-24-13-9-10-14-28(24)30(26,4)5/h6-21,27H,1-5H3/q+2/b26-21+/t27-/m1/s1. The first kappa shape index (κ1) is 20.3. The van der Waals surface area contributed by atoms with Crippen molar-refractivity contribution in [2.45, 2.75) is 5.92 Å². The summed E-state index contributed by atoms with van der Waals surface area (Å²) < 4.78 is 1.56. The lowest BCUT2D eigenvalue weighted by Gasteiger charge is -2.34. The van der Waals surface area contributed by atoms with Gasteiger partial charge in [0.2, 0.25) is 0 Å². The highest BCUT2D eigenvalue weighted by atomic mass is 15.3. The van der Waals surface area contributed by atoms with E-state index in [1.165, 1.54) is 33.8 Å². The maximum Gasteiger partial charge on any atom is 0.144 e. The highest BCUT2D eigenvalue weighted by molar-refractivity contribution is 5.73. The molecule has 2 nitrogen and oxygen atoms in total. The number of allylic oxidation sites excluding steroid dienone is 2. The SMILES string of the molecule is C[N+](C)(C)c1ccc([C@H](/C=C2\C=Cc3ccccc3[N+]2(C)C)c2ccccc2)cc1. The minimum absolute atomic E-state index is 0.204. The average Bonchev–Trinajstić information content (AvgIpc) is 2.73. The molecule has 1 atom stereocenters. The van der Waals surface area contributed by atoms with Gasteiger partial charge in [0.1, 0.15) is 17.1 Å². The summed E-state index contributed by atoms with van der Waals surface area (Å²) in [6.45, 7) is 0. The summed E-state index contributed by atoms with van der Waals surface area (Å²) in [5.41, 5.74) is 7.87. The van der Waals surface area contributed by atoms with Crippen LogP contribution in [0.4, 0.5) is 11.4 Å². The smallest absolute Gasteiger partial charge is 0.144 e. The van der Waals surface area contributed by atoms with Crippen molar-refractivity contribution >= 4 is 17.5 Å². The molecule has 0 saturated carbocycles. The number of fused-ring (bicyclic) bond motifs is 1. The van der Waals surface area contributed by atoms with Gasteiger partial charge in [-0.05, 0) is 41.5 Å². The minimum atomic E-state index is 0.204. The Kier molecular flexibility index (Phi) is 5.23. The first-order valence-electron chi connectivity index (χ1n) is 10.6. The highest BCUT2D eigenvalue weighted by Crippen LogP contribution is 2.37. The molecule has 3 aromatic carbocycles. The van der Waals surface area contributed by atoms with Gasteiger partial charge in [0.05, 0.1) is 35.2 Å². The maximum atomic E-state index is 2.43. The fourth-order valence-corrected chi connectivity index (χ4v) is 4.22. The lowest BCUT2D eigenvalue weighted by atomic mass is 9.89. The summed E-state index contributed by atoms with van der Waals surface area (Å²) in [7, 11) is 11.2. The topological polar surface area (TPSA) is 0 Å². The molecular weight excluding hydrogens is 364 g/mol. The van der Waals surface area contributed by atoms with Gasteiger partial charge in [-0.3, -0.25) is 8.97 Å². The molecule has 0 radical (unpaired) electrons. The third-order valence-electron chi connectivity index (χ3n) is 6.14. The molecule has 0 amide bonds. The van der Waals surface area contributed by atoms with E-state index in [-0.39, 0.29) is 5.92 Å². The van der Waals surface area contributed by atoms with Crippen LogP contribution in [0.2, 0.25) is 0 Å². The van der Waals surface area contributed by atoms with E-state index in [9.17, 15) is 0 Å². The van der Waals surface area contributed by atoms with E-state index in [1.807, 2.05) is 0 Å². The van der Waals surface area contributed by atoms with E-state index in [2.05, 4.69) is 132 Å². The zero-order chi connectivity index (χ0) is 21.4. The maximum absolute atomic E-state index is 2.43. The molecule has 1 heterocycles. The Morgan fingerprint density at radius 1 is 0.700 bits per heavy atom. The van der Waals surface area contributed by atoms with E-state index in [4.69, 9.17) is 0 Å². The van der Waals surface area contributed by atoms with Gasteiger partial charge in [-0.15, -0.1) is 0 Å². The van der Waals surface area contributed by atoms with Gasteiger partial charge >= 0.3 is 0 Å². The predicted molar refractivity (Wildman–Crippen MR) is 131 cm³/mol. The van der Waals surface area contributed by atoms with E-state index in [1.54, 1.807) is 0 Å². The number of hydrogen-bond acceptors (Lipinski definition) is 0. The van der Waals surface area contributed by atoms with Crippen LogP contribution in [-0.4, -0.2) is 35.2 Å². The van der Waals surface area contributed by atoms with E-state index in [0.29, 0.717) is 0 Å². The molecule has 1 aliphatic heterocycles. The Morgan fingerprint density at radius 3 is 1.97 bits per heavy atom. The zero-order valence-corrected chi connectivity index (χ0v) is 18.7. The molecule has 0 aliphatic carbocycles. The van der Waals surface area contributed by atoms with Crippen LogP contribution in [0.5, 0.6) is 0 Å². The minimum Gasteiger partial charge on any atom is -0.298 e. The van der Waals surface area contributed by atoms with Crippen LogP contribution < -0.4 is 8.97 Å². The Bertz CT molecular complexity index is 1080. The molecule has 0 aromatic heterocycles. The van der Waals surface area contributed by atoms with Crippen molar-refractivity contribution in [3.05, 3.63) is 113 Å². The van der Waals surface area contributed by atoms with Crippen LogP contribution in [0, 0.1) is 0 Å². The van der Waals surface area contributed by atoms with Crippen molar-refractivity contribution in [1.82, 2.24) is 8.97 Å². The van der Waals surface area contributed by atoms with Crippen LogP contribution in [0.15, 0.2) is 96.7 Å². The van der Waals surface area contributed by atoms with Crippen molar-refractivity contribution < 1.29 is 0 Å². The average molecular weight is 397 g/mol. The molecule has 0 unspecified atom stereocenters. The van der Waals surface area contributed by atoms with Gasteiger partial charge in [0, 0.05) is 23.6 Å². The van der Waals surface area contributed by atoms with Crippen molar-refractivity contribution in [2.24, 2.45) is 0 Å². The second-order valence-electron chi connectivity index (χ2n) is 9.43. The zero-order valence-electron chi connectivity index (χ0n) is 18.7. The van der Waals surface area contributed by atoms with Crippen LogP contribution in [0.25, 0.3) is 6.08 Å². The van der Waals surface area contributed by atoms with Gasteiger partial charge in [-0.25, -0.2) is 0 Å². The van der Waals surface area contributed by atoms with Crippen molar-refractivity contribution in [3.63, 3.8) is 0 Å². The molecule has 2 heteroatoms.